The molecule has 0 saturated heterocycles. The molecule has 52 heavy (non-hydrogen) atoms. The van der Waals surface area contributed by atoms with E-state index in [1.807, 2.05) is 0 Å². The number of hydrogen-bond acceptors (Lipinski definition) is 0. The zero-order chi connectivity index (χ0) is 36.9. The first kappa shape index (κ1) is 45.2. The Morgan fingerprint density at radius 1 is 0.712 bits per heavy atom. The molecule has 4 aromatic carbocycles. The van der Waals surface area contributed by atoms with Gasteiger partial charge in [-0.25, -0.2) is 20.4 Å². The summed E-state index contributed by atoms with van der Waals surface area (Å²) in [6.45, 7) is 20.4. The van der Waals surface area contributed by atoms with Crippen molar-refractivity contribution in [1.82, 2.24) is 0 Å². The average molecular weight is 815 g/mol. The van der Waals surface area contributed by atoms with Gasteiger partial charge in [0.15, 0.2) is 0 Å². The quantitative estimate of drug-likeness (QED) is 0.137. The SMILES string of the molecule is CC(C)(C)C1=CC[C-]=C1.CC1=[C-]C(C)(C)c2cc3c(cc21)-c1cc2c(cc1C3)C(C)(C)C=C2C.Cl.Cl.Fc1cc[c-]cc1.Fc1cc[c-]cc1.[CH2]=[Zr]. The maximum atomic E-state index is 11.9. The van der Waals surface area contributed by atoms with Gasteiger partial charge in [-0.05, 0) is 58.4 Å². The molecule has 8 rings (SSSR count). The molecule has 0 unspecified atom stereocenters. The van der Waals surface area contributed by atoms with Gasteiger partial charge in [-0.1, -0.05) is 84.4 Å². The van der Waals surface area contributed by atoms with Crippen LogP contribution in [0.1, 0.15) is 102 Å². The van der Waals surface area contributed by atoms with Crippen molar-refractivity contribution >= 4 is 40.2 Å². The standard InChI is InChI=1S/C25H25.C9H13.2C6H4F.CH2.2ClH.Zr/c1-14-12-24(3,4)22-8-16-7-17-9-23-19(15(2)13-25(23,5)6)11-21(17)20(16)10-18(14)22;1-9(2,3)8-6-4-5-7-8;2*7-6-4-2-1-3-5-6;;;;/h8-12H,7H2,1-6H3;6-7H,4H2,1-3H3;2*2-5H;1H2;2*1H;/q4*-1;;;;. The number of allylic oxidation sites excluding steroid dienone is 8. The van der Waals surface area contributed by atoms with E-state index in [-0.39, 0.29) is 47.3 Å². The molecule has 0 bridgehead atoms. The molecule has 5 heteroatoms. The Morgan fingerprint density at radius 2 is 1.19 bits per heavy atom. The monoisotopic (exact) mass is 812 g/mol. The van der Waals surface area contributed by atoms with Crippen molar-refractivity contribution in [2.24, 2.45) is 5.41 Å². The first-order valence-corrected chi connectivity index (χ1v) is 18.8. The molecule has 0 aromatic heterocycles. The second-order valence-electron chi connectivity index (χ2n) is 15.1. The fourth-order valence-corrected chi connectivity index (χ4v) is 6.93. The Balaban J connectivity index is 0.000000285. The molecular weight excluding hydrogens is 765 g/mol. The average Bonchev–Trinajstić information content (AvgIpc) is 3.83. The second kappa shape index (κ2) is 18.9. The minimum atomic E-state index is -0.209. The first-order valence-electron chi connectivity index (χ1n) is 17.1. The van der Waals surface area contributed by atoms with Crippen LogP contribution >= 0.6 is 24.8 Å². The summed E-state index contributed by atoms with van der Waals surface area (Å²) in [4.78, 5) is 0. The van der Waals surface area contributed by atoms with Crippen LogP contribution in [-0.4, -0.2) is 4.21 Å². The molecule has 0 amide bonds. The molecule has 0 saturated carbocycles. The summed E-state index contributed by atoms with van der Waals surface area (Å²) < 4.78 is 27.1. The van der Waals surface area contributed by atoms with Crippen LogP contribution in [0.5, 0.6) is 0 Å². The summed E-state index contributed by atoms with van der Waals surface area (Å²) in [6, 6.07) is 26.8. The van der Waals surface area contributed by atoms with E-state index in [2.05, 4.69) is 133 Å². The third-order valence-corrected chi connectivity index (χ3v) is 9.35. The van der Waals surface area contributed by atoms with Gasteiger partial charge in [0.05, 0.1) is 0 Å². The van der Waals surface area contributed by atoms with Crippen LogP contribution in [0.15, 0.2) is 96.6 Å². The van der Waals surface area contributed by atoms with Crippen LogP contribution in [0.25, 0.3) is 22.3 Å². The number of benzene rings is 4. The molecule has 0 nitrogen and oxygen atoms in total. The summed E-state index contributed by atoms with van der Waals surface area (Å²) in [7, 11) is 0. The van der Waals surface area contributed by atoms with Crippen molar-refractivity contribution in [3.63, 3.8) is 0 Å². The molecule has 0 aliphatic heterocycles. The third kappa shape index (κ3) is 10.8. The van der Waals surface area contributed by atoms with Gasteiger partial charge < -0.3 is 0 Å². The van der Waals surface area contributed by atoms with E-state index in [1.54, 1.807) is 0 Å². The number of halogens is 4. The Hall–Kier alpha value is -2.97. The van der Waals surface area contributed by atoms with Crippen molar-refractivity contribution in [1.29, 1.82) is 0 Å². The van der Waals surface area contributed by atoms with E-state index in [4.69, 9.17) is 0 Å². The second-order valence-corrected chi connectivity index (χ2v) is 15.1. The summed E-state index contributed by atoms with van der Waals surface area (Å²) in [5, 5.41) is 0. The van der Waals surface area contributed by atoms with Crippen LogP contribution < -0.4 is 0 Å². The molecule has 0 spiro atoms. The Morgan fingerprint density at radius 3 is 1.60 bits per heavy atom. The molecule has 0 heterocycles. The molecular formula is C47H50Cl2F2Zr-4. The van der Waals surface area contributed by atoms with Crippen LogP contribution in [-0.2, 0) is 41.5 Å². The molecule has 0 radical (unpaired) electrons. The summed E-state index contributed by atoms with van der Waals surface area (Å²) in [6.07, 6.45) is 15.6. The predicted molar refractivity (Wildman–Crippen MR) is 219 cm³/mol. The zero-order valence-electron chi connectivity index (χ0n) is 31.9. The molecule has 0 fully saturated rings. The summed E-state index contributed by atoms with van der Waals surface area (Å²) in [5.41, 5.74) is 16.3. The van der Waals surface area contributed by atoms with E-state index in [0.717, 1.165) is 12.8 Å². The predicted octanol–water partition coefficient (Wildman–Crippen LogP) is 13.2. The van der Waals surface area contributed by atoms with Crippen LogP contribution in [0, 0.1) is 41.3 Å². The van der Waals surface area contributed by atoms with Crippen LogP contribution in [0.2, 0.25) is 0 Å². The molecule has 0 N–H and O–H groups in total. The summed E-state index contributed by atoms with van der Waals surface area (Å²) in [5.74, 6) is -0.419. The van der Waals surface area contributed by atoms with Gasteiger partial charge in [0.1, 0.15) is 0 Å². The van der Waals surface area contributed by atoms with Gasteiger partial charge in [-0.15, -0.1) is 67.1 Å². The Labute approximate surface area is 339 Å². The maximum absolute atomic E-state index is 11.9. The zero-order valence-corrected chi connectivity index (χ0v) is 35.9. The van der Waals surface area contributed by atoms with Crippen molar-refractivity contribution in [2.45, 2.75) is 86.0 Å². The molecule has 4 aliphatic rings. The summed E-state index contributed by atoms with van der Waals surface area (Å²) >= 11 is 1.30. The molecule has 0 atom stereocenters. The molecule has 4 aliphatic carbocycles. The fourth-order valence-electron chi connectivity index (χ4n) is 6.93. The van der Waals surface area contributed by atoms with Gasteiger partial charge in [0, 0.05) is 17.0 Å². The minimum absolute atomic E-state index is 0. The van der Waals surface area contributed by atoms with Crippen molar-refractivity contribution in [2.75, 3.05) is 0 Å². The van der Waals surface area contributed by atoms with E-state index in [9.17, 15) is 8.78 Å². The third-order valence-electron chi connectivity index (χ3n) is 9.35. The Bertz CT molecular complexity index is 1820. The number of hydrogen-bond donors (Lipinski definition) is 0. The van der Waals surface area contributed by atoms with Gasteiger partial charge in [-0.3, -0.25) is 12.2 Å². The fraction of sp³-hybridized carbons (Fsp3) is 0.298. The van der Waals surface area contributed by atoms with Gasteiger partial charge in [0.2, 0.25) is 0 Å². The van der Waals surface area contributed by atoms with Gasteiger partial charge >= 0.3 is 28.4 Å². The number of fused-ring (bicyclic) bond motifs is 5. The van der Waals surface area contributed by atoms with E-state index < -0.39 is 0 Å². The first-order chi connectivity index (χ1) is 23.6. The van der Waals surface area contributed by atoms with E-state index in [0.29, 0.717) is 5.41 Å². The topological polar surface area (TPSA) is 0 Å². The van der Waals surface area contributed by atoms with Gasteiger partial charge in [0.25, 0.3) is 0 Å². The molecule has 274 valence electrons. The van der Waals surface area contributed by atoms with Crippen molar-refractivity contribution in [3.05, 3.63) is 166 Å². The molecule has 4 aromatic rings. The van der Waals surface area contributed by atoms with Crippen LogP contribution in [0.4, 0.5) is 8.78 Å². The normalized spacial score (nSPS) is 15.5. The van der Waals surface area contributed by atoms with Crippen molar-refractivity contribution in [3.8, 4) is 11.1 Å². The van der Waals surface area contributed by atoms with E-state index >= 15 is 0 Å². The van der Waals surface area contributed by atoms with Crippen molar-refractivity contribution < 1.29 is 33.0 Å². The van der Waals surface area contributed by atoms with Gasteiger partial charge in [-0.2, -0.15) is 53.6 Å². The van der Waals surface area contributed by atoms with Crippen LogP contribution in [0.3, 0.4) is 0 Å². The number of rotatable bonds is 0. The Kier molecular flexibility index (Phi) is 16.4. The van der Waals surface area contributed by atoms with E-state index in [1.165, 1.54) is 134 Å².